The zero-order valence-electron chi connectivity index (χ0n) is 8.53. The average molecular weight is 268 g/mol. The third kappa shape index (κ3) is 2.61. The van der Waals surface area contributed by atoms with Crippen molar-refractivity contribution in [3.05, 3.63) is 40.9 Å². The van der Waals surface area contributed by atoms with E-state index in [4.69, 9.17) is 4.74 Å². The number of halogens is 1. The molecule has 80 valence electrons. The molecule has 2 rings (SSSR count). The fourth-order valence-electron chi connectivity index (χ4n) is 1.73. The molecule has 0 aromatic heterocycles. The Morgan fingerprint density at radius 1 is 1.20 bits per heavy atom. The van der Waals surface area contributed by atoms with Crippen LogP contribution in [0.5, 0.6) is 0 Å². The van der Waals surface area contributed by atoms with Gasteiger partial charge in [-0.3, -0.25) is 0 Å². The van der Waals surface area contributed by atoms with Crippen LogP contribution in [-0.4, -0.2) is 31.2 Å². The summed E-state index contributed by atoms with van der Waals surface area (Å²) in [5, 5.41) is 0. The van der Waals surface area contributed by atoms with E-state index in [2.05, 4.69) is 45.1 Å². The highest BCUT2D eigenvalue weighted by Gasteiger charge is 2.14. The Morgan fingerprint density at radius 2 is 1.87 bits per heavy atom. The Morgan fingerprint density at radius 3 is 2.47 bits per heavy atom. The van der Waals surface area contributed by atoms with E-state index in [-0.39, 0.29) is 0 Å². The monoisotopic (exact) mass is 267 g/mol. The molecule has 0 amide bonds. The Kier molecular flexibility index (Phi) is 3.80. The van der Waals surface area contributed by atoms with Crippen molar-refractivity contribution in [1.82, 2.24) is 4.90 Å². The SMILES string of the molecule is BrC=C(c1ccccc1)N1CCOCC1. The quantitative estimate of drug-likeness (QED) is 0.817. The fraction of sp³-hybridized carbons (Fsp3) is 0.333. The first-order valence-electron chi connectivity index (χ1n) is 5.10. The first kappa shape index (κ1) is 10.7. The average Bonchev–Trinajstić information content (AvgIpc) is 2.33. The number of hydrogen-bond donors (Lipinski definition) is 0. The summed E-state index contributed by atoms with van der Waals surface area (Å²) in [5.41, 5.74) is 2.48. The van der Waals surface area contributed by atoms with E-state index in [9.17, 15) is 0 Å². The lowest BCUT2D eigenvalue weighted by Gasteiger charge is -2.30. The van der Waals surface area contributed by atoms with Gasteiger partial charge in [0.15, 0.2) is 0 Å². The summed E-state index contributed by atoms with van der Waals surface area (Å²) >= 11 is 3.44. The molecular formula is C12H14BrNO. The predicted molar refractivity (Wildman–Crippen MR) is 65.7 cm³/mol. The van der Waals surface area contributed by atoms with Gasteiger partial charge in [0.05, 0.1) is 18.9 Å². The second kappa shape index (κ2) is 5.33. The van der Waals surface area contributed by atoms with Crippen molar-refractivity contribution < 1.29 is 4.74 Å². The van der Waals surface area contributed by atoms with Crippen LogP contribution in [0.15, 0.2) is 35.3 Å². The normalized spacial score (nSPS) is 17.9. The minimum absolute atomic E-state index is 0.817. The van der Waals surface area contributed by atoms with Crippen molar-refractivity contribution in [2.45, 2.75) is 0 Å². The largest absolute Gasteiger partial charge is 0.378 e. The Balaban J connectivity index is 2.17. The first-order valence-corrected chi connectivity index (χ1v) is 6.02. The first-order chi connectivity index (χ1) is 7.42. The number of nitrogens with zero attached hydrogens (tertiary/aromatic N) is 1. The van der Waals surface area contributed by atoms with Crippen LogP contribution in [0.2, 0.25) is 0 Å². The molecule has 2 nitrogen and oxygen atoms in total. The summed E-state index contributed by atoms with van der Waals surface area (Å²) in [4.78, 5) is 4.33. The lowest BCUT2D eigenvalue weighted by atomic mass is 10.1. The van der Waals surface area contributed by atoms with Gasteiger partial charge in [-0.15, -0.1) is 0 Å². The van der Waals surface area contributed by atoms with Crippen LogP contribution < -0.4 is 0 Å². The van der Waals surface area contributed by atoms with Gasteiger partial charge in [0, 0.05) is 18.1 Å². The molecule has 0 N–H and O–H groups in total. The second-order valence-electron chi connectivity index (χ2n) is 3.46. The third-order valence-corrected chi connectivity index (χ3v) is 2.96. The van der Waals surface area contributed by atoms with Crippen molar-refractivity contribution in [2.75, 3.05) is 26.3 Å². The van der Waals surface area contributed by atoms with E-state index >= 15 is 0 Å². The Hall–Kier alpha value is -0.800. The minimum Gasteiger partial charge on any atom is -0.378 e. The number of rotatable bonds is 2. The van der Waals surface area contributed by atoms with Gasteiger partial charge >= 0.3 is 0 Å². The maximum atomic E-state index is 5.35. The summed E-state index contributed by atoms with van der Waals surface area (Å²) in [7, 11) is 0. The molecule has 1 aliphatic rings. The van der Waals surface area contributed by atoms with Gasteiger partial charge in [0.1, 0.15) is 0 Å². The van der Waals surface area contributed by atoms with Crippen LogP contribution in [0.4, 0.5) is 0 Å². The molecule has 0 radical (unpaired) electrons. The van der Waals surface area contributed by atoms with Crippen molar-refractivity contribution in [3.63, 3.8) is 0 Å². The van der Waals surface area contributed by atoms with Gasteiger partial charge in [-0.1, -0.05) is 46.3 Å². The highest BCUT2D eigenvalue weighted by atomic mass is 79.9. The highest BCUT2D eigenvalue weighted by Crippen LogP contribution is 2.21. The van der Waals surface area contributed by atoms with E-state index in [1.165, 1.54) is 11.3 Å². The number of morpholine rings is 1. The van der Waals surface area contributed by atoms with Gasteiger partial charge in [0.2, 0.25) is 0 Å². The van der Waals surface area contributed by atoms with Crippen LogP contribution in [0, 0.1) is 0 Å². The van der Waals surface area contributed by atoms with Crippen molar-refractivity contribution in [1.29, 1.82) is 0 Å². The molecule has 0 saturated carbocycles. The molecule has 1 heterocycles. The van der Waals surface area contributed by atoms with E-state index in [0.29, 0.717) is 0 Å². The topological polar surface area (TPSA) is 12.5 Å². The van der Waals surface area contributed by atoms with Crippen LogP contribution >= 0.6 is 15.9 Å². The van der Waals surface area contributed by atoms with E-state index in [0.717, 1.165) is 26.3 Å². The Labute approximate surface area is 98.7 Å². The number of benzene rings is 1. The maximum absolute atomic E-state index is 5.35. The Bertz CT molecular complexity index is 331. The third-order valence-electron chi connectivity index (χ3n) is 2.52. The zero-order valence-corrected chi connectivity index (χ0v) is 10.1. The molecule has 1 fully saturated rings. The molecule has 1 aromatic carbocycles. The molecule has 15 heavy (non-hydrogen) atoms. The van der Waals surface area contributed by atoms with Gasteiger partial charge in [-0.25, -0.2) is 0 Å². The van der Waals surface area contributed by atoms with E-state index in [1.54, 1.807) is 0 Å². The van der Waals surface area contributed by atoms with Crippen LogP contribution in [0.25, 0.3) is 5.70 Å². The molecule has 1 saturated heterocycles. The van der Waals surface area contributed by atoms with Gasteiger partial charge in [-0.05, 0) is 5.56 Å². The molecule has 0 aliphatic carbocycles. The second-order valence-corrected chi connectivity index (χ2v) is 3.92. The number of hydrogen-bond acceptors (Lipinski definition) is 2. The molecular weight excluding hydrogens is 254 g/mol. The molecule has 0 spiro atoms. The maximum Gasteiger partial charge on any atom is 0.0642 e. The van der Waals surface area contributed by atoms with Crippen molar-refractivity contribution in [2.24, 2.45) is 0 Å². The predicted octanol–water partition coefficient (Wildman–Crippen LogP) is 2.71. The van der Waals surface area contributed by atoms with E-state index in [1.807, 2.05) is 11.1 Å². The standard InChI is InChI=1S/C12H14BrNO/c13-10-12(11-4-2-1-3-5-11)14-6-8-15-9-7-14/h1-5,10H,6-9H2. The lowest BCUT2D eigenvalue weighted by Crippen LogP contribution is -2.34. The molecule has 3 heteroatoms. The lowest BCUT2D eigenvalue weighted by molar-refractivity contribution is 0.0640. The van der Waals surface area contributed by atoms with Crippen LogP contribution in [0.1, 0.15) is 5.56 Å². The molecule has 1 aromatic rings. The van der Waals surface area contributed by atoms with Crippen molar-refractivity contribution >= 4 is 21.6 Å². The molecule has 0 bridgehead atoms. The van der Waals surface area contributed by atoms with Crippen LogP contribution in [0.3, 0.4) is 0 Å². The minimum atomic E-state index is 0.817. The molecule has 1 aliphatic heterocycles. The highest BCUT2D eigenvalue weighted by molar-refractivity contribution is 9.11. The summed E-state index contributed by atoms with van der Waals surface area (Å²) in [5.74, 6) is 0. The van der Waals surface area contributed by atoms with Gasteiger partial charge in [-0.2, -0.15) is 0 Å². The van der Waals surface area contributed by atoms with E-state index < -0.39 is 0 Å². The fourth-order valence-corrected chi connectivity index (χ4v) is 2.28. The smallest absolute Gasteiger partial charge is 0.0642 e. The summed E-state index contributed by atoms with van der Waals surface area (Å²) in [6.45, 7) is 3.56. The zero-order chi connectivity index (χ0) is 10.5. The summed E-state index contributed by atoms with van der Waals surface area (Å²) < 4.78 is 5.35. The summed E-state index contributed by atoms with van der Waals surface area (Å²) in [6.07, 6.45) is 0. The van der Waals surface area contributed by atoms with Crippen molar-refractivity contribution in [3.8, 4) is 0 Å². The summed E-state index contributed by atoms with van der Waals surface area (Å²) in [6, 6.07) is 10.4. The van der Waals surface area contributed by atoms with Crippen LogP contribution in [-0.2, 0) is 4.74 Å². The molecule has 0 atom stereocenters. The molecule has 0 unspecified atom stereocenters. The van der Waals surface area contributed by atoms with Gasteiger partial charge in [0.25, 0.3) is 0 Å². The van der Waals surface area contributed by atoms with Gasteiger partial charge < -0.3 is 9.64 Å². The number of ether oxygens (including phenoxy) is 1.